The molecular formula is C18H28N2O3. The van der Waals surface area contributed by atoms with E-state index < -0.39 is 0 Å². The molecule has 1 aromatic rings. The largest absolute Gasteiger partial charge is 0.462 e. The lowest BCUT2D eigenvalue weighted by Gasteiger charge is -2.38. The highest BCUT2D eigenvalue weighted by Crippen LogP contribution is 2.66. The van der Waals surface area contributed by atoms with Crippen LogP contribution in [0, 0.1) is 16.7 Å². The minimum atomic E-state index is -0.149. The average molecular weight is 320 g/mol. The smallest absolute Gasteiger partial charge is 0.306 e. The number of ether oxygens (including phenoxy) is 1. The number of aryl methyl sites for hydroxylation is 1. The molecule has 1 heterocycles. The van der Waals surface area contributed by atoms with Gasteiger partial charge in [0.05, 0.1) is 6.42 Å². The lowest BCUT2D eigenvalue weighted by Crippen LogP contribution is -2.38. The summed E-state index contributed by atoms with van der Waals surface area (Å²) in [5.74, 6) is 1.87. The number of rotatable bonds is 5. The van der Waals surface area contributed by atoms with Gasteiger partial charge in [0.1, 0.15) is 6.10 Å². The zero-order valence-corrected chi connectivity index (χ0v) is 14.9. The molecule has 2 bridgehead atoms. The second kappa shape index (κ2) is 5.60. The summed E-state index contributed by atoms with van der Waals surface area (Å²) in [6.07, 6.45) is 4.23. The van der Waals surface area contributed by atoms with Crippen molar-refractivity contribution < 1.29 is 13.9 Å². The standard InChI is InChI=1S/C18H28N2O3/c1-11(2)16-20-19-14(23-16)6-7-15(21)22-13-10-12-8-9-18(13,5)17(12,3)4/h11-13H,6-10H2,1-5H3/t12-,13-,18-/m1/s1. The second-order valence-electron chi connectivity index (χ2n) is 8.28. The van der Waals surface area contributed by atoms with E-state index in [1.54, 1.807) is 0 Å². The average Bonchev–Trinajstić information content (AvgIpc) is 3.08. The third-order valence-corrected chi connectivity index (χ3v) is 6.51. The molecule has 5 nitrogen and oxygen atoms in total. The first-order valence-electron chi connectivity index (χ1n) is 8.76. The molecule has 0 amide bonds. The molecular weight excluding hydrogens is 292 g/mol. The van der Waals surface area contributed by atoms with Crippen LogP contribution in [0.4, 0.5) is 0 Å². The van der Waals surface area contributed by atoms with Crippen LogP contribution in [0.1, 0.15) is 78.0 Å². The van der Waals surface area contributed by atoms with Crippen LogP contribution < -0.4 is 0 Å². The van der Waals surface area contributed by atoms with Crippen molar-refractivity contribution in [2.24, 2.45) is 16.7 Å². The number of carbonyl (C=O) groups is 1. The van der Waals surface area contributed by atoms with E-state index >= 15 is 0 Å². The van der Waals surface area contributed by atoms with Gasteiger partial charge in [-0.15, -0.1) is 10.2 Å². The molecule has 2 aliphatic carbocycles. The van der Waals surface area contributed by atoms with E-state index in [-0.39, 0.29) is 28.8 Å². The number of hydrogen-bond donors (Lipinski definition) is 0. The summed E-state index contributed by atoms with van der Waals surface area (Å²) in [6, 6.07) is 0. The molecule has 0 aromatic carbocycles. The number of nitrogens with zero attached hydrogens (tertiary/aromatic N) is 2. The topological polar surface area (TPSA) is 65.2 Å². The van der Waals surface area contributed by atoms with Gasteiger partial charge < -0.3 is 9.15 Å². The molecule has 2 saturated carbocycles. The molecule has 3 rings (SSSR count). The van der Waals surface area contributed by atoms with Gasteiger partial charge in [-0.2, -0.15) is 0 Å². The summed E-state index contributed by atoms with van der Waals surface area (Å²) < 4.78 is 11.4. The van der Waals surface area contributed by atoms with Crippen molar-refractivity contribution in [3.8, 4) is 0 Å². The maximum atomic E-state index is 12.2. The third-order valence-electron chi connectivity index (χ3n) is 6.51. The Labute approximate surface area is 138 Å². The summed E-state index contributed by atoms with van der Waals surface area (Å²) in [6.45, 7) is 10.9. The van der Waals surface area contributed by atoms with Gasteiger partial charge in [-0.1, -0.05) is 34.6 Å². The quantitative estimate of drug-likeness (QED) is 0.770. The molecule has 2 aliphatic rings. The molecule has 0 saturated heterocycles. The summed E-state index contributed by atoms with van der Waals surface area (Å²) in [7, 11) is 0. The van der Waals surface area contributed by atoms with E-state index in [0.717, 1.165) is 12.8 Å². The van der Waals surface area contributed by atoms with Crippen LogP contribution in [0.3, 0.4) is 0 Å². The van der Waals surface area contributed by atoms with Crippen LogP contribution in [-0.4, -0.2) is 22.3 Å². The lowest BCUT2D eigenvalue weighted by atomic mass is 9.70. The summed E-state index contributed by atoms with van der Waals surface area (Å²) in [5.41, 5.74) is 0.374. The lowest BCUT2D eigenvalue weighted by molar-refractivity contribution is -0.156. The number of esters is 1. The maximum Gasteiger partial charge on any atom is 0.306 e. The molecule has 0 unspecified atom stereocenters. The molecule has 2 fully saturated rings. The summed E-state index contributed by atoms with van der Waals surface area (Å²) >= 11 is 0. The molecule has 0 radical (unpaired) electrons. The van der Waals surface area contributed by atoms with E-state index in [2.05, 4.69) is 31.0 Å². The molecule has 0 aliphatic heterocycles. The molecule has 5 heteroatoms. The third kappa shape index (κ3) is 2.68. The Morgan fingerprint density at radius 3 is 2.61 bits per heavy atom. The van der Waals surface area contributed by atoms with Gasteiger partial charge in [0.2, 0.25) is 11.8 Å². The number of fused-ring (bicyclic) bond motifs is 2. The van der Waals surface area contributed by atoms with E-state index in [4.69, 9.17) is 9.15 Å². The summed E-state index contributed by atoms with van der Waals surface area (Å²) in [4.78, 5) is 12.2. The van der Waals surface area contributed by atoms with Gasteiger partial charge in [0.25, 0.3) is 0 Å². The first kappa shape index (κ1) is 16.5. The van der Waals surface area contributed by atoms with Crippen LogP contribution in [0.2, 0.25) is 0 Å². The highest BCUT2D eigenvalue weighted by atomic mass is 16.5. The SMILES string of the molecule is CC(C)c1nnc(CCC(=O)O[C@@H]2C[C@H]3CC[C@@]2(C)C3(C)C)o1. The fourth-order valence-corrected chi connectivity index (χ4v) is 4.34. The van der Waals surface area contributed by atoms with Crippen molar-refractivity contribution in [2.75, 3.05) is 0 Å². The Bertz CT molecular complexity index is 593. The Hall–Kier alpha value is -1.39. The Kier molecular flexibility index (Phi) is 4.01. The Balaban J connectivity index is 1.54. The van der Waals surface area contributed by atoms with E-state index in [1.807, 2.05) is 13.8 Å². The van der Waals surface area contributed by atoms with Crippen molar-refractivity contribution in [2.45, 2.75) is 78.7 Å². The highest BCUT2D eigenvalue weighted by molar-refractivity contribution is 5.70. The van der Waals surface area contributed by atoms with Crippen LogP contribution >= 0.6 is 0 Å². The molecule has 0 spiro atoms. The Morgan fingerprint density at radius 1 is 1.35 bits per heavy atom. The molecule has 1 aromatic heterocycles. The highest BCUT2D eigenvalue weighted by Gasteiger charge is 2.62. The molecule has 3 atom stereocenters. The van der Waals surface area contributed by atoms with Gasteiger partial charge >= 0.3 is 5.97 Å². The van der Waals surface area contributed by atoms with Gasteiger partial charge in [-0.25, -0.2) is 0 Å². The van der Waals surface area contributed by atoms with Crippen LogP contribution in [0.15, 0.2) is 4.42 Å². The predicted octanol–water partition coefficient (Wildman–Crippen LogP) is 3.88. The molecule has 0 N–H and O–H groups in total. The Morgan fingerprint density at radius 2 is 2.09 bits per heavy atom. The van der Waals surface area contributed by atoms with Crippen molar-refractivity contribution in [3.63, 3.8) is 0 Å². The number of hydrogen-bond acceptors (Lipinski definition) is 5. The minimum Gasteiger partial charge on any atom is -0.462 e. The normalized spacial score (nSPS) is 31.7. The van der Waals surface area contributed by atoms with Gasteiger partial charge in [-0.05, 0) is 30.6 Å². The molecule has 128 valence electrons. The molecule has 23 heavy (non-hydrogen) atoms. The van der Waals surface area contributed by atoms with Crippen LogP contribution in [-0.2, 0) is 16.0 Å². The van der Waals surface area contributed by atoms with Gasteiger partial charge in [0, 0.05) is 17.8 Å². The van der Waals surface area contributed by atoms with Gasteiger partial charge in [-0.3, -0.25) is 4.79 Å². The zero-order valence-electron chi connectivity index (χ0n) is 14.9. The van der Waals surface area contributed by atoms with Gasteiger partial charge in [0.15, 0.2) is 0 Å². The summed E-state index contributed by atoms with van der Waals surface area (Å²) in [5, 5.41) is 7.98. The monoisotopic (exact) mass is 320 g/mol. The fraction of sp³-hybridized carbons (Fsp3) is 0.833. The van der Waals surface area contributed by atoms with Crippen LogP contribution in [0.5, 0.6) is 0 Å². The van der Waals surface area contributed by atoms with Crippen molar-refractivity contribution in [1.29, 1.82) is 0 Å². The maximum absolute atomic E-state index is 12.2. The van der Waals surface area contributed by atoms with E-state index in [9.17, 15) is 4.79 Å². The van der Waals surface area contributed by atoms with E-state index in [0.29, 0.717) is 30.5 Å². The van der Waals surface area contributed by atoms with Crippen molar-refractivity contribution >= 4 is 5.97 Å². The second-order valence-corrected chi connectivity index (χ2v) is 8.28. The first-order valence-corrected chi connectivity index (χ1v) is 8.76. The van der Waals surface area contributed by atoms with Crippen molar-refractivity contribution in [1.82, 2.24) is 10.2 Å². The zero-order chi connectivity index (χ0) is 16.8. The van der Waals surface area contributed by atoms with Crippen LogP contribution in [0.25, 0.3) is 0 Å². The fourth-order valence-electron chi connectivity index (χ4n) is 4.34. The minimum absolute atomic E-state index is 0.0534. The van der Waals surface area contributed by atoms with E-state index in [1.165, 1.54) is 6.42 Å². The number of carbonyl (C=O) groups excluding carboxylic acids is 1. The number of aromatic nitrogens is 2. The van der Waals surface area contributed by atoms with Crippen molar-refractivity contribution in [3.05, 3.63) is 11.8 Å². The predicted molar refractivity (Wildman–Crippen MR) is 85.8 cm³/mol. The first-order chi connectivity index (χ1) is 10.7.